The van der Waals surface area contributed by atoms with Crippen molar-refractivity contribution < 1.29 is 131 Å². The molecule has 15 aromatic carbocycles. The number of aromatic nitrogens is 1. The minimum atomic E-state index is 0. The fourth-order valence-corrected chi connectivity index (χ4v) is 17.4. The molecule has 4 aliphatic heterocycles. The number of benzene rings is 15. The molecule has 5 nitrogen and oxygen atoms in total. The summed E-state index contributed by atoms with van der Waals surface area (Å²) in [5.74, 6) is 2.05. The van der Waals surface area contributed by atoms with Crippen LogP contribution < -0.4 is 19.6 Å². The summed E-state index contributed by atoms with van der Waals surface area (Å²) in [5, 5.41) is 2.72. The Balaban J connectivity index is 0.000000269. The van der Waals surface area contributed by atoms with Crippen LogP contribution in [0.4, 0.5) is 45.5 Å². The molecule has 0 radical (unpaired) electrons. The third kappa shape index (κ3) is 22.1. The Labute approximate surface area is 859 Å². The van der Waals surface area contributed by atoms with Crippen LogP contribution >= 0.6 is 0 Å². The molecule has 0 saturated carbocycles. The predicted molar refractivity (Wildman–Crippen MR) is 531 cm³/mol. The van der Waals surface area contributed by atoms with Gasteiger partial charge in [-0.25, -0.2) is 44.5 Å². The Kier molecular flexibility index (Phi) is 43.5. The first-order valence-corrected chi connectivity index (χ1v) is 42.3. The van der Waals surface area contributed by atoms with Gasteiger partial charge in [0.2, 0.25) is 0 Å². The van der Waals surface area contributed by atoms with Crippen LogP contribution in [0, 0.1) is 78.2 Å². The van der Waals surface area contributed by atoms with Crippen molar-refractivity contribution in [1.29, 1.82) is 0 Å². The average molecular weight is 1950 g/mol. The molecule has 126 heavy (non-hydrogen) atoms. The van der Waals surface area contributed by atoms with Gasteiger partial charge in [-0.05, 0) is 128 Å². The van der Waals surface area contributed by atoms with Crippen LogP contribution in [0.5, 0.6) is 0 Å². The molecule has 0 spiro atoms. The van der Waals surface area contributed by atoms with Crippen LogP contribution in [-0.2, 0) is 138 Å². The number of para-hydroxylation sites is 5. The first-order valence-electron chi connectivity index (χ1n) is 42.3. The Morgan fingerprint density at radius 3 is 1.17 bits per heavy atom. The standard InChI is InChI=1S/5C21H17N.4C2H6.4CH3.4Y/c1-13-14-7-3-4-8-15(14)18-12-21-19(11-17(13)18)16-9-5-6-10-20(16)22(21)2;1-15-17-11-6-7-14-20(17)22(2)21-18(15)12-8-13-19(21)16-9-4-3-5-10-16;1-15-18-10-6-7-11-20(18)22(2)21-13-12-17(14-19(15)21)16-8-4-3-5-9-16;2*1-15-18-10-6-7-11-20(18)22(2)21-14-17(12-13-19(15)21)16-8-4-3-5-9-16;4*1-2;;;;;;;;/h3-13H,1-2H3;3-9,11-12,14-15H,1-2H3;2*3-8,10-11,13-15H,1-2H3;3-8,10-13,15H,1-2H3;4*1-2H3;4*1H3;;;;/q;4*-2;;;;;4*-1;4*+3. The van der Waals surface area contributed by atoms with E-state index in [4.69, 9.17) is 0 Å². The molecule has 1 aromatic heterocycles. The molecule has 9 heteroatoms. The Hall–Kier alpha value is -8.28. The van der Waals surface area contributed by atoms with E-state index in [9.17, 15) is 0 Å². The van der Waals surface area contributed by atoms with E-state index in [2.05, 4.69) is 373 Å². The largest absolute Gasteiger partial charge is 3.00 e. The number of rotatable bonds is 4. The van der Waals surface area contributed by atoms with E-state index in [1.807, 2.05) is 128 Å². The fraction of sp³-hybridized carbons (Fsp3) is 0.197. The minimum absolute atomic E-state index is 0. The molecule has 0 bridgehead atoms. The summed E-state index contributed by atoms with van der Waals surface area (Å²) in [4.78, 5) is 9.08. The zero-order chi connectivity index (χ0) is 83.3. The molecule has 0 amide bonds. The number of nitrogens with zero attached hydrogens (tertiary/aromatic N) is 5. The average Bonchev–Trinajstić information content (AvgIpc) is 1.56. The Bertz CT molecular complexity index is 5720. The van der Waals surface area contributed by atoms with Crippen LogP contribution in [0.15, 0.2) is 303 Å². The van der Waals surface area contributed by atoms with E-state index in [1.54, 1.807) is 0 Å². The Morgan fingerprint density at radius 2 is 0.643 bits per heavy atom. The van der Waals surface area contributed by atoms with Gasteiger partial charge in [0.15, 0.2) is 0 Å². The second-order valence-corrected chi connectivity index (χ2v) is 29.5. The van der Waals surface area contributed by atoms with Gasteiger partial charge >= 0.3 is 131 Å². The SMILES string of the molecule is CC.CC.CC.CC.CC1c2cc(-c3[c-]cccc3)[c-]cc2N(C)c2ccccc21.CC1c2ccc(-c3[c-]cccc3)[c-]c2N(C)c2ccccc21.CC1c2ccccc2-c2cc3c(cc21)c1ccccc1n3C.CC1c2ccccc2N(C)c2c(-c3[c-]cccc3)[c-]ccc21.CC1c2ccccc2N(C)c2cc(-c3[c-]cccc3)[c-]cc21.[CH3-].[CH3-].[CH3-].[CH3-].[Y+3].[Y+3].[Y+3].[Y+3]. The van der Waals surface area contributed by atoms with Crippen molar-refractivity contribution in [3.63, 3.8) is 0 Å². The van der Waals surface area contributed by atoms with Gasteiger partial charge in [0, 0.05) is 85.7 Å². The van der Waals surface area contributed by atoms with Gasteiger partial charge in [-0.3, -0.25) is 0 Å². The number of hydrogen-bond donors (Lipinski definition) is 0. The van der Waals surface area contributed by atoms with E-state index < -0.39 is 0 Å². The van der Waals surface area contributed by atoms with E-state index in [-0.39, 0.29) is 161 Å². The second-order valence-electron chi connectivity index (χ2n) is 29.5. The molecule has 626 valence electrons. The number of aryl methyl sites for hydroxylation is 1. The van der Waals surface area contributed by atoms with E-state index in [0.29, 0.717) is 29.6 Å². The van der Waals surface area contributed by atoms with Gasteiger partial charge in [-0.1, -0.05) is 222 Å². The van der Waals surface area contributed by atoms with Gasteiger partial charge in [0.05, 0.1) is 0 Å². The summed E-state index contributed by atoms with van der Waals surface area (Å²) in [6.07, 6.45) is 0. The number of fused-ring (bicyclic) bond motifs is 14. The molecule has 5 heterocycles. The molecule has 0 N–H and O–H groups in total. The van der Waals surface area contributed by atoms with E-state index in [0.717, 1.165) is 44.5 Å². The van der Waals surface area contributed by atoms with Crippen molar-refractivity contribution in [2.45, 2.75) is 120 Å². The molecule has 16 aromatic rings. The summed E-state index contributed by atoms with van der Waals surface area (Å²) >= 11 is 0. The first kappa shape index (κ1) is 108. The molecule has 5 unspecified atom stereocenters. The molecule has 0 fully saturated rings. The molecule has 5 atom stereocenters. The molecular formula is C117H121N5Y4. The normalized spacial score (nSPS) is 14.3. The summed E-state index contributed by atoms with van der Waals surface area (Å²) in [6.45, 7) is 27.4. The van der Waals surface area contributed by atoms with Crippen molar-refractivity contribution in [3.8, 4) is 55.6 Å². The maximum absolute atomic E-state index is 3.60. The zero-order valence-corrected chi connectivity index (χ0v) is 89.7. The first-order chi connectivity index (χ1) is 57.8. The van der Waals surface area contributed by atoms with Crippen LogP contribution in [0.1, 0.15) is 175 Å². The molecule has 5 aliphatic rings. The van der Waals surface area contributed by atoms with Crippen LogP contribution in [0.3, 0.4) is 0 Å². The van der Waals surface area contributed by atoms with Crippen LogP contribution in [0.2, 0.25) is 0 Å². The summed E-state index contributed by atoms with van der Waals surface area (Å²) in [5.41, 5.74) is 38.1. The van der Waals surface area contributed by atoms with E-state index >= 15 is 0 Å². The molecular weight excluding hydrogens is 1830 g/mol. The van der Waals surface area contributed by atoms with Crippen molar-refractivity contribution in [3.05, 3.63) is 437 Å². The topological polar surface area (TPSA) is 17.9 Å². The molecule has 0 saturated heterocycles. The molecule has 1 aliphatic carbocycles. The number of hydrogen-bond acceptors (Lipinski definition) is 4. The quantitative estimate of drug-likeness (QED) is 0.163. The van der Waals surface area contributed by atoms with Gasteiger partial charge in [0.1, 0.15) is 0 Å². The van der Waals surface area contributed by atoms with Gasteiger partial charge in [-0.2, -0.15) is 152 Å². The monoisotopic (exact) mass is 1950 g/mol. The fourth-order valence-electron chi connectivity index (χ4n) is 17.4. The maximum atomic E-state index is 3.60. The smallest absolute Gasteiger partial charge is 0.393 e. The van der Waals surface area contributed by atoms with Gasteiger partial charge in [-0.15, -0.1) is 53.6 Å². The van der Waals surface area contributed by atoms with Crippen LogP contribution in [0.25, 0.3) is 77.4 Å². The van der Waals surface area contributed by atoms with E-state index in [1.165, 1.54) is 134 Å². The summed E-state index contributed by atoms with van der Waals surface area (Å²) < 4.78 is 2.32. The van der Waals surface area contributed by atoms with Gasteiger partial charge < -0.3 is 53.9 Å². The third-order valence-electron chi connectivity index (χ3n) is 23.4. The summed E-state index contributed by atoms with van der Waals surface area (Å²) in [7, 11) is 10.7. The predicted octanol–water partition coefficient (Wildman–Crippen LogP) is 32.1. The number of anilines is 8. The zero-order valence-electron chi connectivity index (χ0n) is 78.3. The van der Waals surface area contributed by atoms with Crippen molar-refractivity contribution in [2.75, 3.05) is 47.8 Å². The van der Waals surface area contributed by atoms with Crippen molar-refractivity contribution in [2.24, 2.45) is 7.05 Å². The van der Waals surface area contributed by atoms with Crippen LogP contribution in [-0.4, -0.2) is 32.8 Å². The minimum Gasteiger partial charge on any atom is -0.393 e. The molecule has 21 rings (SSSR count). The van der Waals surface area contributed by atoms with Crippen molar-refractivity contribution in [1.82, 2.24) is 4.57 Å². The van der Waals surface area contributed by atoms with Gasteiger partial charge in [0.25, 0.3) is 0 Å². The second kappa shape index (κ2) is 50.6. The van der Waals surface area contributed by atoms with Crippen molar-refractivity contribution >= 4 is 67.3 Å². The Morgan fingerprint density at radius 1 is 0.238 bits per heavy atom. The summed E-state index contributed by atoms with van der Waals surface area (Å²) in [6, 6.07) is 134. The third-order valence-corrected chi connectivity index (χ3v) is 23.4. The maximum Gasteiger partial charge on any atom is 3.00 e.